The summed E-state index contributed by atoms with van der Waals surface area (Å²) in [5.74, 6) is -0.299. The van der Waals surface area contributed by atoms with Crippen LogP contribution in [0.15, 0.2) is 0 Å². The third kappa shape index (κ3) is 3.17. The number of aromatic carboxylic acids is 1. The molecule has 0 radical (unpaired) electrons. The SMILES string of the molecule is CCC1CCCC(n2nnc(C(=O)O)c2CCOC)C1. The molecule has 2 atom stereocenters. The molecule has 0 aromatic carbocycles. The zero-order valence-corrected chi connectivity index (χ0v) is 12.2. The van der Waals surface area contributed by atoms with E-state index in [2.05, 4.69) is 17.2 Å². The van der Waals surface area contributed by atoms with E-state index in [1.807, 2.05) is 4.68 Å². The van der Waals surface area contributed by atoms with Crippen LogP contribution in [0.3, 0.4) is 0 Å². The van der Waals surface area contributed by atoms with Gasteiger partial charge in [-0.3, -0.25) is 0 Å². The minimum absolute atomic E-state index is 0.0701. The molecule has 1 aromatic heterocycles. The van der Waals surface area contributed by atoms with Crippen molar-refractivity contribution in [1.82, 2.24) is 15.0 Å². The van der Waals surface area contributed by atoms with Gasteiger partial charge in [0.25, 0.3) is 0 Å². The topological polar surface area (TPSA) is 77.2 Å². The van der Waals surface area contributed by atoms with Crippen LogP contribution in [0.4, 0.5) is 0 Å². The number of hydrogen-bond donors (Lipinski definition) is 1. The molecule has 6 nitrogen and oxygen atoms in total. The summed E-state index contributed by atoms with van der Waals surface area (Å²) in [6.07, 6.45) is 6.27. The third-order valence-electron chi connectivity index (χ3n) is 4.21. The minimum Gasteiger partial charge on any atom is -0.476 e. The Bertz CT molecular complexity index is 459. The second kappa shape index (κ2) is 6.83. The molecule has 0 bridgehead atoms. The van der Waals surface area contributed by atoms with Crippen LogP contribution in [-0.4, -0.2) is 39.8 Å². The highest BCUT2D eigenvalue weighted by molar-refractivity contribution is 5.86. The number of aromatic nitrogens is 3. The Labute approximate surface area is 119 Å². The van der Waals surface area contributed by atoms with Gasteiger partial charge in [0.05, 0.1) is 18.3 Å². The van der Waals surface area contributed by atoms with Crippen molar-refractivity contribution in [2.24, 2.45) is 5.92 Å². The predicted octanol–water partition coefficient (Wildman–Crippen LogP) is 2.31. The monoisotopic (exact) mass is 281 g/mol. The van der Waals surface area contributed by atoms with E-state index in [0.717, 1.165) is 12.8 Å². The maximum Gasteiger partial charge on any atom is 0.358 e. The molecule has 2 unspecified atom stereocenters. The van der Waals surface area contributed by atoms with Crippen LogP contribution in [0.1, 0.15) is 61.3 Å². The molecule has 1 saturated carbocycles. The fourth-order valence-corrected chi connectivity index (χ4v) is 3.06. The molecular weight excluding hydrogens is 258 g/mol. The predicted molar refractivity (Wildman–Crippen MR) is 73.8 cm³/mol. The fraction of sp³-hybridized carbons (Fsp3) is 0.786. The molecule has 0 aliphatic heterocycles. The van der Waals surface area contributed by atoms with E-state index in [4.69, 9.17) is 4.74 Å². The summed E-state index contributed by atoms with van der Waals surface area (Å²) in [5.41, 5.74) is 0.766. The summed E-state index contributed by atoms with van der Waals surface area (Å²) >= 11 is 0. The molecule has 1 aliphatic rings. The molecule has 2 rings (SSSR count). The molecule has 0 saturated heterocycles. The molecule has 1 aromatic rings. The van der Waals surface area contributed by atoms with E-state index in [1.54, 1.807) is 7.11 Å². The smallest absolute Gasteiger partial charge is 0.358 e. The highest BCUT2D eigenvalue weighted by atomic mass is 16.5. The van der Waals surface area contributed by atoms with Gasteiger partial charge in [-0.1, -0.05) is 31.4 Å². The van der Waals surface area contributed by atoms with Crippen LogP contribution < -0.4 is 0 Å². The summed E-state index contributed by atoms with van der Waals surface area (Å²) < 4.78 is 6.91. The summed E-state index contributed by atoms with van der Waals surface area (Å²) in [6, 6.07) is 0.279. The lowest BCUT2D eigenvalue weighted by molar-refractivity contribution is 0.0688. The van der Waals surface area contributed by atoms with Crippen LogP contribution in [0.5, 0.6) is 0 Å². The molecular formula is C14H23N3O3. The Morgan fingerprint density at radius 2 is 2.30 bits per heavy atom. The Kier molecular flexibility index (Phi) is 5.11. The van der Waals surface area contributed by atoms with Crippen molar-refractivity contribution >= 4 is 5.97 Å². The first-order valence-electron chi connectivity index (χ1n) is 7.33. The molecule has 112 valence electrons. The third-order valence-corrected chi connectivity index (χ3v) is 4.21. The summed E-state index contributed by atoms with van der Waals surface area (Å²) in [4.78, 5) is 11.2. The highest BCUT2D eigenvalue weighted by Crippen LogP contribution is 2.34. The minimum atomic E-state index is -1.01. The van der Waals surface area contributed by atoms with Crippen LogP contribution in [0, 0.1) is 5.92 Å². The average molecular weight is 281 g/mol. The number of hydrogen-bond acceptors (Lipinski definition) is 4. The van der Waals surface area contributed by atoms with Crippen LogP contribution >= 0.6 is 0 Å². The van der Waals surface area contributed by atoms with Gasteiger partial charge in [-0.25, -0.2) is 9.48 Å². The van der Waals surface area contributed by atoms with E-state index in [-0.39, 0.29) is 11.7 Å². The number of carbonyl (C=O) groups is 1. The van der Waals surface area contributed by atoms with E-state index < -0.39 is 5.97 Å². The molecule has 1 fully saturated rings. The lowest BCUT2D eigenvalue weighted by Gasteiger charge is -2.29. The van der Waals surface area contributed by atoms with Gasteiger partial charge in [-0.05, 0) is 18.8 Å². The van der Waals surface area contributed by atoms with Gasteiger partial charge < -0.3 is 9.84 Å². The number of carboxylic acids is 1. The standard InChI is InChI=1S/C14H23N3O3/c1-3-10-5-4-6-11(9-10)17-12(7-8-20-2)13(14(18)19)15-16-17/h10-11H,3-9H2,1-2H3,(H,18,19). The first-order chi connectivity index (χ1) is 9.67. The quantitative estimate of drug-likeness (QED) is 0.865. The first kappa shape index (κ1) is 15.0. The number of nitrogens with zero attached hydrogens (tertiary/aromatic N) is 3. The van der Waals surface area contributed by atoms with Crippen LogP contribution in [0.2, 0.25) is 0 Å². The summed E-state index contributed by atoms with van der Waals surface area (Å²) in [7, 11) is 1.61. The Balaban J connectivity index is 2.23. The number of carboxylic acid groups (broad SMARTS) is 1. The zero-order valence-electron chi connectivity index (χ0n) is 12.2. The average Bonchev–Trinajstić information content (AvgIpc) is 2.89. The largest absolute Gasteiger partial charge is 0.476 e. The second-order valence-electron chi connectivity index (χ2n) is 5.47. The highest BCUT2D eigenvalue weighted by Gasteiger charge is 2.27. The molecule has 1 aliphatic carbocycles. The van der Waals surface area contributed by atoms with E-state index in [0.29, 0.717) is 24.6 Å². The van der Waals surface area contributed by atoms with Gasteiger partial charge in [-0.2, -0.15) is 0 Å². The van der Waals surface area contributed by atoms with Gasteiger partial charge >= 0.3 is 5.97 Å². The second-order valence-corrected chi connectivity index (χ2v) is 5.47. The normalized spacial score (nSPS) is 22.9. The molecule has 20 heavy (non-hydrogen) atoms. The molecule has 1 N–H and O–H groups in total. The lowest BCUT2D eigenvalue weighted by Crippen LogP contribution is -2.22. The van der Waals surface area contributed by atoms with Gasteiger partial charge in [0, 0.05) is 13.5 Å². The van der Waals surface area contributed by atoms with Gasteiger partial charge in [-0.15, -0.1) is 5.10 Å². The number of ether oxygens (including phenoxy) is 1. The molecule has 0 amide bonds. The van der Waals surface area contributed by atoms with Gasteiger partial charge in [0.15, 0.2) is 5.69 Å². The Morgan fingerprint density at radius 3 is 2.95 bits per heavy atom. The summed E-state index contributed by atoms with van der Waals surface area (Å²) in [6.45, 7) is 2.69. The van der Waals surface area contributed by atoms with Crippen molar-refractivity contribution in [2.75, 3.05) is 13.7 Å². The Morgan fingerprint density at radius 1 is 1.50 bits per heavy atom. The molecule has 6 heteroatoms. The number of rotatable bonds is 6. The maximum absolute atomic E-state index is 11.2. The first-order valence-corrected chi connectivity index (χ1v) is 7.33. The lowest BCUT2D eigenvalue weighted by atomic mass is 9.84. The Hall–Kier alpha value is -1.43. The van der Waals surface area contributed by atoms with Crippen molar-refractivity contribution < 1.29 is 14.6 Å². The van der Waals surface area contributed by atoms with Crippen molar-refractivity contribution in [2.45, 2.75) is 51.5 Å². The van der Waals surface area contributed by atoms with E-state index in [1.165, 1.54) is 19.3 Å². The molecule has 0 spiro atoms. The van der Waals surface area contributed by atoms with E-state index in [9.17, 15) is 9.90 Å². The zero-order chi connectivity index (χ0) is 14.5. The van der Waals surface area contributed by atoms with E-state index >= 15 is 0 Å². The van der Waals surface area contributed by atoms with Crippen LogP contribution in [-0.2, 0) is 11.2 Å². The van der Waals surface area contributed by atoms with Gasteiger partial charge in [0.2, 0.25) is 0 Å². The van der Waals surface area contributed by atoms with Crippen molar-refractivity contribution in [3.05, 3.63) is 11.4 Å². The van der Waals surface area contributed by atoms with Crippen molar-refractivity contribution in [1.29, 1.82) is 0 Å². The van der Waals surface area contributed by atoms with Crippen molar-refractivity contribution in [3.63, 3.8) is 0 Å². The molecule has 1 heterocycles. The fourth-order valence-electron chi connectivity index (χ4n) is 3.06. The maximum atomic E-state index is 11.2. The van der Waals surface area contributed by atoms with Gasteiger partial charge in [0.1, 0.15) is 0 Å². The van der Waals surface area contributed by atoms with Crippen molar-refractivity contribution in [3.8, 4) is 0 Å². The van der Waals surface area contributed by atoms with Crippen LogP contribution in [0.25, 0.3) is 0 Å². The number of methoxy groups -OCH3 is 1. The summed E-state index contributed by atoms with van der Waals surface area (Å²) in [5, 5.41) is 17.2.